The van der Waals surface area contributed by atoms with Gasteiger partial charge in [0.05, 0.1) is 13.7 Å². The zero-order valence-corrected chi connectivity index (χ0v) is 16.6. The molecule has 1 aliphatic heterocycles. The number of benzene rings is 1. The minimum Gasteiger partial charge on any atom is -0.497 e. The average Bonchev–Trinajstić information content (AvgIpc) is 3.41. The van der Waals surface area contributed by atoms with Gasteiger partial charge in [-0.25, -0.2) is 0 Å². The number of methoxy groups -OCH3 is 1. The number of aromatic nitrogens is 2. The van der Waals surface area contributed by atoms with E-state index in [1.54, 1.807) is 7.11 Å². The van der Waals surface area contributed by atoms with Crippen molar-refractivity contribution in [2.45, 2.75) is 26.3 Å². The molecule has 1 amide bonds. The first kappa shape index (κ1) is 19.0. The van der Waals surface area contributed by atoms with E-state index in [2.05, 4.69) is 15.5 Å². The molecule has 8 heteroatoms. The van der Waals surface area contributed by atoms with Crippen molar-refractivity contribution in [1.82, 2.24) is 15.5 Å². The number of furan rings is 1. The van der Waals surface area contributed by atoms with Crippen LogP contribution >= 0.6 is 0 Å². The molecule has 1 N–H and O–H groups in total. The van der Waals surface area contributed by atoms with Gasteiger partial charge in [0.25, 0.3) is 0 Å². The van der Waals surface area contributed by atoms with Gasteiger partial charge in [-0.1, -0.05) is 5.10 Å². The Balaban J connectivity index is 1.30. The van der Waals surface area contributed by atoms with Crippen molar-refractivity contribution in [1.29, 1.82) is 0 Å². The summed E-state index contributed by atoms with van der Waals surface area (Å²) in [5, 5.41) is 11.3. The Kier molecular flexibility index (Phi) is 5.50. The van der Waals surface area contributed by atoms with Gasteiger partial charge < -0.3 is 23.8 Å². The molecule has 3 heterocycles. The Morgan fingerprint density at radius 3 is 2.55 bits per heavy atom. The molecule has 1 aliphatic rings. The van der Waals surface area contributed by atoms with E-state index in [0.29, 0.717) is 31.5 Å². The van der Waals surface area contributed by atoms with Crippen molar-refractivity contribution in [3.63, 3.8) is 0 Å². The third-order valence-electron chi connectivity index (χ3n) is 5.12. The molecule has 29 heavy (non-hydrogen) atoms. The topological polar surface area (TPSA) is 93.6 Å². The number of hydrogen-bond acceptors (Lipinski definition) is 7. The van der Waals surface area contributed by atoms with Crippen LogP contribution in [0.15, 0.2) is 45.2 Å². The highest BCUT2D eigenvalue weighted by molar-refractivity contribution is 5.78. The smallest absolute Gasteiger partial charge is 0.318 e. The van der Waals surface area contributed by atoms with Crippen molar-refractivity contribution in [2.75, 3.05) is 25.1 Å². The quantitative estimate of drug-likeness (QED) is 0.684. The number of aryl methyl sites for hydroxylation is 1. The highest BCUT2D eigenvalue weighted by Crippen LogP contribution is 2.27. The Labute approximate surface area is 168 Å². The first-order valence-electron chi connectivity index (χ1n) is 9.68. The third kappa shape index (κ3) is 4.42. The van der Waals surface area contributed by atoms with Crippen LogP contribution in [0.2, 0.25) is 0 Å². The molecule has 0 saturated carbocycles. The Morgan fingerprint density at radius 1 is 1.14 bits per heavy atom. The molecule has 2 aromatic heterocycles. The van der Waals surface area contributed by atoms with Crippen LogP contribution in [0.5, 0.6) is 5.75 Å². The first-order chi connectivity index (χ1) is 14.1. The molecule has 0 spiro atoms. The van der Waals surface area contributed by atoms with Gasteiger partial charge in [-0.15, -0.1) is 5.10 Å². The minimum absolute atomic E-state index is 0.0220. The second kappa shape index (κ2) is 8.38. The predicted molar refractivity (Wildman–Crippen MR) is 107 cm³/mol. The SMILES string of the molecule is COc1ccc(-c2nnc(N3CCC(C(=O)NCc4ccc(C)o4)CC3)o2)cc1. The number of ether oxygens (including phenoxy) is 1. The fourth-order valence-corrected chi connectivity index (χ4v) is 3.43. The van der Waals surface area contributed by atoms with E-state index in [4.69, 9.17) is 13.6 Å². The van der Waals surface area contributed by atoms with Gasteiger partial charge in [0.2, 0.25) is 11.8 Å². The van der Waals surface area contributed by atoms with Crippen LogP contribution in [-0.4, -0.2) is 36.3 Å². The van der Waals surface area contributed by atoms with Crippen LogP contribution in [0.25, 0.3) is 11.5 Å². The molecule has 0 bridgehead atoms. The lowest BCUT2D eigenvalue weighted by Crippen LogP contribution is -2.40. The number of carbonyl (C=O) groups excluding carboxylic acids is 1. The lowest BCUT2D eigenvalue weighted by atomic mass is 9.96. The molecule has 0 atom stereocenters. The second-order valence-electron chi connectivity index (χ2n) is 7.11. The van der Waals surface area contributed by atoms with Gasteiger partial charge in [0.15, 0.2) is 0 Å². The fraction of sp³-hybridized carbons (Fsp3) is 0.381. The highest BCUT2D eigenvalue weighted by Gasteiger charge is 2.27. The van der Waals surface area contributed by atoms with Gasteiger partial charge in [0, 0.05) is 24.6 Å². The Morgan fingerprint density at radius 2 is 1.90 bits per heavy atom. The van der Waals surface area contributed by atoms with Crippen molar-refractivity contribution in [2.24, 2.45) is 5.92 Å². The van der Waals surface area contributed by atoms with Gasteiger partial charge >= 0.3 is 6.01 Å². The summed E-state index contributed by atoms with van der Waals surface area (Å²) in [4.78, 5) is 14.5. The zero-order valence-electron chi connectivity index (χ0n) is 16.6. The maximum Gasteiger partial charge on any atom is 0.318 e. The molecular formula is C21H24N4O4. The summed E-state index contributed by atoms with van der Waals surface area (Å²) in [7, 11) is 1.63. The lowest BCUT2D eigenvalue weighted by molar-refractivity contribution is -0.125. The third-order valence-corrected chi connectivity index (χ3v) is 5.12. The maximum absolute atomic E-state index is 12.4. The predicted octanol–water partition coefficient (Wildman–Crippen LogP) is 3.18. The minimum atomic E-state index is -0.0220. The van der Waals surface area contributed by atoms with Crippen molar-refractivity contribution < 1.29 is 18.4 Å². The molecule has 1 aromatic carbocycles. The Bertz CT molecular complexity index is 955. The maximum atomic E-state index is 12.4. The first-order valence-corrected chi connectivity index (χ1v) is 9.68. The van der Waals surface area contributed by atoms with E-state index in [1.807, 2.05) is 48.2 Å². The summed E-state index contributed by atoms with van der Waals surface area (Å²) in [5.41, 5.74) is 0.840. The summed E-state index contributed by atoms with van der Waals surface area (Å²) in [6.07, 6.45) is 1.48. The molecule has 0 unspecified atom stereocenters. The average molecular weight is 396 g/mol. The molecule has 4 rings (SSSR count). The molecule has 8 nitrogen and oxygen atoms in total. The largest absolute Gasteiger partial charge is 0.497 e. The van der Waals surface area contributed by atoms with Gasteiger partial charge in [0.1, 0.15) is 17.3 Å². The van der Waals surface area contributed by atoms with Crippen LogP contribution in [0.3, 0.4) is 0 Å². The standard InChI is InChI=1S/C21H24N4O4/c1-14-3-6-18(28-14)13-22-19(26)15-9-11-25(12-10-15)21-24-23-20(29-21)16-4-7-17(27-2)8-5-16/h3-8,15H,9-13H2,1-2H3,(H,22,26). The van der Waals surface area contributed by atoms with Crippen LogP contribution < -0.4 is 15.0 Å². The second-order valence-corrected chi connectivity index (χ2v) is 7.11. The lowest BCUT2D eigenvalue weighted by Gasteiger charge is -2.29. The molecule has 3 aromatic rings. The molecule has 0 radical (unpaired) electrons. The number of nitrogens with zero attached hydrogens (tertiary/aromatic N) is 3. The van der Waals surface area contributed by atoms with E-state index in [1.165, 1.54) is 0 Å². The monoisotopic (exact) mass is 396 g/mol. The van der Waals surface area contributed by atoms with Crippen LogP contribution in [0, 0.1) is 12.8 Å². The summed E-state index contributed by atoms with van der Waals surface area (Å²) < 4.78 is 16.5. The zero-order chi connectivity index (χ0) is 20.2. The number of nitrogens with one attached hydrogen (secondary N) is 1. The molecule has 152 valence electrons. The van der Waals surface area contributed by atoms with E-state index < -0.39 is 0 Å². The number of rotatable bonds is 6. The van der Waals surface area contributed by atoms with Crippen molar-refractivity contribution >= 4 is 11.9 Å². The number of anilines is 1. The summed E-state index contributed by atoms with van der Waals surface area (Å²) in [5.74, 6) is 2.89. The number of piperidine rings is 1. The Hall–Kier alpha value is -3.29. The van der Waals surface area contributed by atoms with Gasteiger partial charge in [-0.2, -0.15) is 0 Å². The van der Waals surface area contributed by atoms with Gasteiger partial charge in [-0.05, 0) is 56.2 Å². The summed E-state index contributed by atoms with van der Waals surface area (Å²) >= 11 is 0. The fourth-order valence-electron chi connectivity index (χ4n) is 3.43. The summed E-state index contributed by atoms with van der Waals surface area (Å²) in [6, 6.07) is 11.7. The van der Waals surface area contributed by atoms with E-state index in [9.17, 15) is 4.79 Å². The van der Waals surface area contributed by atoms with E-state index in [-0.39, 0.29) is 11.8 Å². The van der Waals surface area contributed by atoms with E-state index in [0.717, 1.165) is 35.7 Å². The normalized spacial score (nSPS) is 14.8. The van der Waals surface area contributed by atoms with Crippen molar-refractivity contribution in [3.05, 3.63) is 47.9 Å². The number of carbonyl (C=O) groups is 1. The molecule has 1 saturated heterocycles. The molecule has 1 fully saturated rings. The molecule has 0 aliphatic carbocycles. The number of amides is 1. The van der Waals surface area contributed by atoms with Crippen LogP contribution in [0.4, 0.5) is 6.01 Å². The van der Waals surface area contributed by atoms with Crippen molar-refractivity contribution in [3.8, 4) is 17.2 Å². The highest BCUT2D eigenvalue weighted by atomic mass is 16.5. The molecular weight excluding hydrogens is 372 g/mol. The number of hydrogen-bond donors (Lipinski definition) is 1. The van der Waals surface area contributed by atoms with Crippen LogP contribution in [0.1, 0.15) is 24.4 Å². The van der Waals surface area contributed by atoms with Gasteiger partial charge in [-0.3, -0.25) is 4.79 Å². The summed E-state index contributed by atoms with van der Waals surface area (Å²) in [6.45, 7) is 3.70. The van der Waals surface area contributed by atoms with Crippen LogP contribution in [-0.2, 0) is 11.3 Å². The van der Waals surface area contributed by atoms with E-state index >= 15 is 0 Å².